The molecule has 0 spiro atoms. The lowest BCUT2D eigenvalue weighted by atomic mass is 9.78. The highest BCUT2D eigenvalue weighted by atomic mass is 19.1. The zero-order valence-electron chi connectivity index (χ0n) is 17.5. The summed E-state index contributed by atoms with van der Waals surface area (Å²) in [6, 6.07) is 7.89. The van der Waals surface area contributed by atoms with Gasteiger partial charge in [-0.25, -0.2) is 18.8 Å². The maximum atomic E-state index is 13.9. The van der Waals surface area contributed by atoms with E-state index in [1.807, 2.05) is 0 Å². The number of rotatable bonds is 7. The van der Waals surface area contributed by atoms with Crippen molar-refractivity contribution >= 4 is 29.1 Å². The topological polar surface area (TPSA) is 132 Å². The van der Waals surface area contributed by atoms with Gasteiger partial charge in [0.1, 0.15) is 11.6 Å². The molecule has 0 aliphatic heterocycles. The third-order valence-corrected chi connectivity index (χ3v) is 5.41. The highest BCUT2D eigenvalue weighted by Gasteiger charge is 2.35. The first kappa shape index (κ1) is 23.7. The Morgan fingerprint density at radius 2 is 2.03 bits per heavy atom. The predicted octanol–water partition coefficient (Wildman–Crippen LogP) is 4.10. The molecule has 0 amide bonds. The summed E-state index contributed by atoms with van der Waals surface area (Å²) in [5.74, 6) is -2.25. The van der Waals surface area contributed by atoms with Crippen LogP contribution in [0.25, 0.3) is 0 Å². The molecular formula is C22H22F3N7O. The smallest absolute Gasteiger partial charge is 0.214 e. The molecule has 1 aliphatic rings. The minimum atomic E-state index is -0.743. The van der Waals surface area contributed by atoms with Gasteiger partial charge in [0.25, 0.3) is 0 Å². The summed E-state index contributed by atoms with van der Waals surface area (Å²) in [6.45, 7) is 0. The number of nitrogens with one attached hydrogen (secondary N) is 1. The lowest BCUT2D eigenvalue weighted by Gasteiger charge is -2.36. The van der Waals surface area contributed by atoms with Crippen molar-refractivity contribution in [3.63, 3.8) is 0 Å². The van der Waals surface area contributed by atoms with E-state index in [2.05, 4.69) is 31.5 Å². The molecule has 1 aromatic carbocycles. The second-order valence-corrected chi connectivity index (χ2v) is 7.68. The van der Waals surface area contributed by atoms with Gasteiger partial charge in [0.2, 0.25) is 5.95 Å². The zero-order valence-corrected chi connectivity index (χ0v) is 17.5. The number of anilines is 1. The van der Waals surface area contributed by atoms with E-state index >= 15 is 0 Å². The summed E-state index contributed by atoms with van der Waals surface area (Å²) >= 11 is 0. The molecule has 1 fully saturated rings. The minimum Gasteiger partial charge on any atom is -0.410 e. The Morgan fingerprint density at radius 1 is 1.27 bits per heavy atom. The van der Waals surface area contributed by atoms with Crippen molar-refractivity contribution in [3.05, 3.63) is 54.1 Å². The number of nitriles is 1. The fraction of sp³-hybridized carbons (Fsp3) is 0.318. The molecule has 0 saturated heterocycles. The van der Waals surface area contributed by atoms with Crippen molar-refractivity contribution in [2.75, 3.05) is 5.32 Å². The highest BCUT2D eigenvalue weighted by molar-refractivity contribution is 6.62. The number of halogens is 3. The van der Waals surface area contributed by atoms with Gasteiger partial charge in [-0.2, -0.15) is 9.65 Å². The van der Waals surface area contributed by atoms with Crippen molar-refractivity contribution in [3.8, 4) is 6.07 Å². The van der Waals surface area contributed by atoms with Gasteiger partial charge in [-0.05, 0) is 43.9 Å². The van der Waals surface area contributed by atoms with Crippen molar-refractivity contribution in [2.24, 2.45) is 20.9 Å². The number of hydrogen-bond donors (Lipinski definition) is 3. The molecule has 172 valence electrons. The lowest BCUT2D eigenvalue weighted by Crippen LogP contribution is -2.38. The van der Waals surface area contributed by atoms with Gasteiger partial charge < -0.3 is 16.3 Å². The van der Waals surface area contributed by atoms with Crippen molar-refractivity contribution < 1.29 is 18.4 Å². The Labute approximate surface area is 188 Å². The molecule has 1 saturated carbocycles. The van der Waals surface area contributed by atoms with Crippen LogP contribution in [0.5, 0.6) is 0 Å². The van der Waals surface area contributed by atoms with Gasteiger partial charge >= 0.3 is 0 Å². The SMILES string of the molecule is N#CCC1(N=C/C(=N\O)C(N)=Nc2ccnc(F)c2)CCC(Nc2ccc(F)cc2F)CC1. The average molecular weight is 457 g/mol. The van der Waals surface area contributed by atoms with Crippen LogP contribution in [0.3, 0.4) is 0 Å². The Bertz CT molecular complexity index is 1120. The molecule has 4 N–H and O–H groups in total. The van der Waals surface area contributed by atoms with Crippen molar-refractivity contribution in [1.82, 2.24) is 4.98 Å². The zero-order chi connectivity index (χ0) is 23.8. The molecular weight excluding hydrogens is 435 g/mol. The number of nitrogens with zero attached hydrogens (tertiary/aromatic N) is 5. The van der Waals surface area contributed by atoms with Crippen LogP contribution in [0.15, 0.2) is 51.7 Å². The van der Waals surface area contributed by atoms with Gasteiger partial charge in [-0.15, -0.1) is 0 Å². The maximum absolute atomic E-state index is 13.9. The van der Waals surface area contributed by atoms with Gasteiger partial charge in [-0.1, -0.05) is 5.16 Å². The molecule has 2 aromatic rings. The average Bonchev–Trinajstić information content (AvgIpc) is 2.78. The number of aliphatic imine (C=N–C) groups is 2. The van der Waals surface area contributed by atoms with Crippen LogP contribution >= 0.6 is 0 Å². The van der Waals surface area contributed by atoms with Gasteiger partial charge in [-0.3, -0.25) is 4.99 Å². The number of nitrogens with two attached hydrogens (primary N) is 1. The quantitative estimate of drug-likeness (QED) is 0.189. The van der Waals surface area contributed by atoms with E-state index in [1.54, 1.807) is 0 Å². The molecule has 0 atom stereocenters. The van der Waals surface area contributed by atoms with E-state index in [0.717, 1.165) is 12.1 Å². The monoisotopic (exact) mass is 457 g/mol. The molecule has 33 heavy (non-hydrogen) atoms. The molecule has 0 unspecified atom stereocenters. The normalized spacial score (nSPS) is 21.7. The predicted molar refractivity (Wildman–Crippen MR) is 118 cm³/mol. The van der Waals surface area contributed by atoms with Crippen LogP contribution in [-0.2, 0) is 0 Å². The number of benzene rings is 1. The van der Waals surface area contributed by atoms with Crippen LogP contribution in [0.2, 0.25) is 0 Å². The standard InChI is InChI=1S/C22H22F3N7O/c23-14-1-2-18(17(24)11-14)30-15-3-6-22(7-4-15,8-9-26)29-13-19(32-33)21(27)31-16-5-10-28-20(25)12-16/h1-2,5,10-13,15,30,33H,3-4,6-8H2,(H2,27,28,31)/b29-13?,32-19+. The molecule has 1 aromatic heterocycles. The summed E-state index contributed by atoms with van der Waals surface area (Å²) in [5, 5.41) is 24.8. The van der Waals surface area contributed by atoms with Gasteiger partial charge in [0.15, 0.2) is 11.5 Å². The fourth-order valence-corrected chi connectivity index (χ4v) is 3.62. The Hall–Kier alpha value is -3.94. The largest absolute Gasteiger partial charge is 0.410 e. The molecule has 11 heteroatoms. The van der Waals surface area contributed by atoms with Crippen LogP contribution in [0.1, 0.15) is 32.1 Å². The molecule has 1 aliphatic carbocycles. The number of aromatic nitrogens is 1. The van der Waals surface area contributed by atoms with E-state index in [1.165, 1.54) is 30.6 Å². The number of hydrogen-bond acceptors (Lipinski definition) is 7. The molecule has 0 radical (unpaired) electrons. The molecule has 1 heterocycles. The van der Waals surface area contributed by atoms with Crippen molar-refractivity contribution in [2.45, 2.75) is 43.7 Å². The third kappa shape index (κ3) is 6.29. The van der Waals surface area contributed by atoms with Crippen LogP contribution in [0, 0.1) is 28.9 Å². The minimum absolute atomic E-state index is 0.0776. The van der Waals surface area contributed by atoms with E-state index in [9.17, 15) is 23.6 Å². The highest BCUT2D eigenvalue weighted by Crippen LogP contribution is 2.36. The molecule has 0 bridgehead atoms. The molecule has 8 nitrogen and oxygen atoms in total. The van der Waals surface area contributed by atoms with Crippen LogP contribution in [-0.4, -0.2) is 39.5 Å². The Balaban J connectivity index is 1.70. The summed E-state index contributed by atoms with van der Waals surface area (Å²) < 4.78 is 40.3. The Kier molecular flexibility index (Phi) is 7.61. The second-order valence-electron chi connectivity index (χ2n) is 7.68. The van der Waals surface area contributed by atoms with Crippen LogP contribution in [0.4, 0.5) is 24.5 Å². The van der Waals surface area contributed by atoms with E-state index < -0.39 is 23.1 Å². The van der Waals surface area contributed by atoms with Crippen molar-refractivity contribution in [1.29, 1.82) is 5.26 Å². The summed E-state index contributed by atoms with van der Waals surface area (Å²) in [6.07, 6.45) is 4.75. The maximum Gasteiger partial charge on any atom is 0.214 e. The summed E-state index contributed by atoms with van der Waals surface area (Å²) in [7, 11) is 0. The summed E-state index contributed by atoms with van der Waals surface area (Å²) in [5.41, 5.74) is 5.37. The van der Waals surface area contributed by atoms with Gasteiger partial charge in [0.05, 0.1) is 35.6 Å². The number of amidine groups is 1. The van der Waals surface area contributed by atoms with Crippen LogP contribution < -0.4 is 11.1 Å². The lowest BCUT2D eigenvalue weighted by molar-refractivity contribution is 0.289. The number of oxime groups is 1. The first-order chi connectivity index (χ1) is 15.8. The number of pyridine rings is 1. The van der Waals surface area contributed by atoms with Gasteiger partial charge in [0, 0.05) is 24.4 Å². The van der Waals surface area contributed by atoms with E-state index in [4.69, 9.17) is 5.73 Å². The fourth-order valence-electron chi connectivity index (χ4n) is 3.62. The third-order valence-electron chi connectivity index (χ3n) is 5.41. The second kappa shape index (κ2) is 10.6. The summed E-state index contributed by atoms with van der Waals surface area (Å²) in [4.78, 5) is 11.9. The molecule has 3 rings (SSSR count). The van der Waals surface area contributed by atoms with E-state index in [0.29, 0.717) is 25.7 Å². The first-order valence-corrected chi connectivity index (χ1v) is 10.2. The first-order valence-electron chi connectivity index (χ1n) is 10.2. The Morgan fingerprint density at radius 3 is 2.67 bits per heavy atom. The van der Waals surface area contributed by atoms with E-state index in [-0.39, 0.29) is 35.4 Å².